The first kappa shape index (κ1) is 15.8. The van der Waals surface area contributed by atoms with E-state index in [1.54, 1.807) is 42.8 Å². The van der Waals surface area contributed by atoms with Gasteiger partial charge in [-0.25, -0.2) is 8.42 Å². The van der Waals surface area contributed by atoms with Crippen LogP contribution in [0.25, 0.3) is 0 Å². The third kappa shape index (κ3) is 3.04. The zero-order valence-electron chi connectivity index (χ0n) is 11.9. The standard InChI is InChI=1S/C14H17NO4S2/c1-18-10-5-6-12(19-2)11(8-10)13(9-15)21(16,17)14-4-3-7-20-14/h3-8,13H,9,15H2,1-2H3/p+1/t13-/m1/s1. The Morgan fingerprint density at radius 3 is 2.52 bits per heavy atom. The summed E-state index contributed by atoms with van der Waals surface area (Å²) in [6, 6.07) is 8.47. The van der Waals surface area contributed by atoms with Gasteiger partial charge in [0.2, 0.25) is 0 Å². The molecule has 21 heavy (non-hydrogen) atoms. The van der Waals surface area contributed by atoms with Crippen molar-refractivity contribution in [2.75, 3.05) is 20.8 Å². The second-order valence-corrected chi connectivity index (χ2v) is 7.67. The van der Waals surface area contributed by atoms with Gasteiger partial charge in [0.05, 0.1) is 20.8 Å². The Hall–Kier alpha value is -1.57. The molecule has 7 heteroatoms. The van der Waals surface area contributed by atoms with Crippen LogP contribution in [0.1, 0.15) is 10.8 Å². The second kappa shape index (κ2) is 6.46. The van der Waals surface area contributed by atoms with Gasteiger partial charge in [0.15, 0.2) is 9.84 Å². The summed E-state index contributed by atoms with van der Waals surface area (Å²) in [7, 11) is -0.441. The van der Waals surface area contributed by atoms with E-state index in [0.717, 1.165) is 0 Å². The Labute approximate surface area is 128 Å². The summed E-state index contributed by atoms with van der Waals surface area (Å²) in [6.45, 7) is 0.212. The molecule has 0 amide bonds. The lowest BCUT2D eigenvalue weighted by Gasteiger charge is -2.17. The molecule has 1 atom stereocenters. The van der Waals surface area contributed by atoms with Crippen LogP contribution < -0.4 is 15.2 Å². The fourth-order valence-corrected chi connectivity index (χ4v) is 5.01. The SMILES string of the molecule is COc1ccc(OC)c([C@@H](C[NH3+])S(=O)(=O)c2cccs2)c1. The molecule has 0 spiro atoms. The molecule has 0 bridgehead atoms. The monoisotopic (exact) mass is 328 g/mol. The fourth-order valence-electron chi connectivity index (χ4n) is 2.13. The van der Waals surface area contributed by atoms with E-state index >= 15 is 0 Å². The topological polar surface area (TPSA) is 80.2 Å². The van der Waals surface area contributed by atoms with Gasteiger partial charge in [-0.15, -0.1) is 11.3 Å². The van der Waals surface area contributed by atoms with Gasteiger partial charge in [0.1, 0.15) is 21.0 Å². The van der Waals surface area contributed by atoms with Crippen molar-refractivity contribution < 1.29 is 23.6 Å². The van der Waals surface area contributed by atoms with Gasteiger partial charge in [-0.05, 0) is 29.6 Å². The van der Waals surface area contributed by atoms with Crippen LogP contribution in [0.5, 0.6) is 11.5 Å². The Morgan fingerprint density at radius 1 is 1.24 bits per heavy atom. The maximum absolute atomic E-state index is 12.8. The van der Waals surface area contributed by atoms with E-state index in [9.17, 15) is 8.42 Å². The van der Waals surface area contributed by atoms with Gasteiger partial charge in [-0.3, -0.25) is 0 Å². The number of quaternary nitrogens is 1. The highest BCUT2D eigenvalue weighted by molar-refractivity contribution is 7.93. The molecule has 0 saturated heterocycles. The quantitative estimate of drug-likeness (QED) is 0.872. The summed E-state index contributed by atoms with van der Waals surface area (Å²) in [6.07, 6.45) is 0. The van der Waals surface area contributed by atoms with Crippen LogP contribution in [-0.4, -0.2) is 29.2 Å². The summed E-state index contributed by atoms with van der Waals surface area (Å²) in [5.41, 5.74) is 4.37. The lowest BCUT2D eigenvalue weighted by atomic mass is 10.1. The lowest BCUT2D eigenvalue weighted by molar-refractivity contribution is -0.367. The van der Waals surface area contributed by atoms with Crippen LogP contribution in [0, 0.1) is 0 Å². The van der Waals surface area contributed by atoms with E-state index in [4.69, 9.17) is 9.47 Å². The molecule has 0 unspecified atom stereocenters. The van der Waals surface area contributed by atoms with E-state index in [-0.39, 0.29) is 6.54 Å². The highest BCUT2D eigenvalue weighted by Gasteiger charge is 2.33. The maximum atomic E-state index is 12.8. The van der Waals surface area contributed by atoms with E-state index < -0.39 is 15.1 Å². The zero-order chi connectivity index (χ0) is 15.5. The molecule has 1 heterocycles. The molecule has 114 valence electrons. The molecule has 5 nitrogen and oxygen atoms in total. The molecular weight excluding hydrogens is 310 g/mol. The first-order valence-corrected chi connectivity index (χ1v) is 8.75. The van der Waals surface area contributed by atoms with Crippen molar-refractivity contribution in [1.29, 1.82) is 0 Å². The van der Waals surface area contributed by atoms with Crippen molar-refractivity contribution in [3.8, 4) is 11.5 Å². The van der Waals surface area contributed by atoms with Crippen LogP contribution in [0.2, 0.25) is 0 Å². The van der Waals surface area contributed by atoms with Gasteiger partial charge in [0, 0.05) is 5.56 Å². The largest absolute Gasteiger partial charge is 0.497 e. The summed E-state index contributed by atoms with van der Waals surface area (Å²) in [5, 5.41) is 0.983. The van der Waals surface area contributed by atoms with Crippen LogP contribution in [0.3, 0.4) is 0 Å². The lowest BCUT2D eigenvalue weighted by Crippen LogP contribution is -2.54. The number of methoxy groups -OCH3 is 2. The van der Waals surface area contributed by atoms with Crippen LogP contribution >= 0.6 is 11.3 Å². The van der Waals surface area contributed by atoms with E-state index in [2.05, 4.69) is 5.73 Å². The van der Waals surface area contributed by atoms with Crippen molar-refractivity contribution in [2.24, 2.45) is 0 Å². The second-order valence-electron chi connectivity index (χ2n) is 4.36. The van der Waals surface area contributed by atoms with E-state index in [1.165, 1.54) is 18.4 Å². The van der Waals surface area contributed by atoms with Gasteiger partial charge in [-0.1, -0.05) is 6.07 Å². The third-order valence-electron chi connectivity index (χ3n) is 3.20. The summed E-state index contributed by atoms with van der Waals surface area (Å²) < 4.78 is 36.3. The van der Waals surface area contributed by atoms with Crippen molar-refractivity contribution in [3.63, 3.8) is 0 Å². The smallest absolute Gasteiger partial charge is 0.200 e. The first-order chi connectivity index (χ1) is 10.0. The zero-order valence-corrected chi connectivity index (χ0v) is 13.5. The molecule has 0 radical (unpaired) electrons. The molecule has 3 N–H and O–H groups in total. The summed E-state index contributed by atoms with van der Waals surface area (Å²) in [5.74, 6) is 1.11. The minimum Gasteiger partial charge on any atom is -0.497 e. The van der Waals surface area contributed by atoms with Crippen molar-refractivity contribution >= 4 is 21.2 Å². The summed E-state index contributed by atoms with van der Waals surface area (Å²) in [4.78, 5) is 0. The van der Waals surface area contributed by atoms with Crippen molar-refractivity contribution in [2.45, 2.75) is 9.46 Å². The van der Waals surface area contributed by atoms with E-state index in [1.807, 2.05) is 0 Å². The third-order valence-corrected chi connectivity index (χ3v) is 6.78. The number of ether oxygens (including phenoxy) is 2. The highest BCUT2D eigenvalue weighted by atomic mass is 32.2. The molecular formula is C14H18NO4S2+. The molecule has 1 aromatic carbocycles. The number of hydrogen-bond donors (Lipinski definition) is 1. The highest BCUT2D eigenvalue weighted by Crippen LogP contribution is 2.37. The minimum atomic E-state index is -3.50. The van der Waals surface area contributed by atoms with Crippen molar-refractivity contribution in [3.05, 3.63) is 41.3 Å². The molecule has 0 fully saturated rings. The van der Waals surface area contributed by atoms with Crippen LogP contribution in [-0.2, 0) is 9.84 Å². The average molecular weight is 328 g/mol. The number of thiophene rings is 1. The maximum Gasteiger partial charge on any atom is 0.200 e. The molecule has 2 aromatic rings. The van der Waals surface area contributed by atoms with Crippen molar-refractivity contribution in [1.82, 2.24) is 0 Å². The minimum absolute atomic E-state index is 0.212. The first-order valence-electron chi connectivity index (χ1n) is 6.33. The Morgan fingerprint density at radius 2 is 2.00 bits per heavy atom. The summed E-state index contributed by atoms with van der Waals surface area (Å²) >= 11 is 1.20. The average Bonchev–Trinajstić information content (AvgIpc) is 3.02. The molecule has 0 aliphatic carbocycles. The van der Waals surface area contributed by atoms with Gasteiger partial charge < -0.3 is 15.2 Å². The number of rotatable bonds is 6. The fraction of sp³-hybridized carbons (Fsp3) is 0.286. The van der Waals surface area contributed by atoms with E-state index in [0.29, 0.717) is 21.3 Å². The van der Waals surface area contributed by atoms with Gasteiger partial charge in [-0.2, -0.15) is 0 Å². The predicted molar refractivity (Wildman–Crippen MR) is 81.5 cm³/mol. The van der Waals surface area contributed by atoms with Gasteiger partial charge in [0.25, 0.3) is 0 Å². The predicted octanol–water partition coefficient (Wildman–Crippen LogP) is 1.52. The number of hydrogen-bond acceptors (Lipinski definition) is 5. The van der Waals surface area contributed by atoms with Gasteiger partial charge >= 0.3 is 0 Å². The molecule has 2 rings (SSSR count). The number of benzene rings is 1. The molecule has 1 aromatic heterocycles. The molecule has 0 saturated carbocycles. The molecule has 0 aliphatic rings. The normalized spacial score (nSPS) is 12.9. The Balaban J connectivity index is 2.56. The Kier molecular flexibility index (Phi) is 4.87. The molecule has 0 aliphatic heterocycles. The number of sulfone groups is 1. The van der Waals surface area contributed by atoms with Crippen LogP contribution in [0.15, 0.2) is 39.9 Å². The Bertz CT molecular complexity index is 696. The van der Waals surface area contributed by atoms with Crippen LogP contribution in [0.4, 0.5) is 0 Å².